The third-order valence-electron chi connectivity index (χ3n) is 5.60. The average molecular weight is 476 g/mol. The molecule has 2 N–H and O–H groups in total. The minimum absolute atomic E-state index is 0.149. The zero-order valence-corrected chi connectivity index (χ0v) is 19.1. The molecule has 0 aliphatic rings. The monoisotopic (exact) mass is 475 g/mol. The Morgan fingerprint density at radius 2 is 1.50 bits per heavy atom. The van der Waals surface area contributed by atoms with Crippen molar-refractivity contribution >= 4 is 28.3 Å². The lowest BCUT2D eigenvalue weighted by Crippen LogP contribution is -2.29. The summed E-state index contributed by atoms with van der Waals surface area (Å²) in [7, 11) is 0. The molecular weight excluding hydrogens is 454 g/mol. The largest absolute Gasteiger partial charge is 0.347 e. The Bertz CT molecular complexity index is 1620. The van der Waals surface area contributed by atoms with Crippen LogP contribution in [0.2, 0.25) is 0 Å². The molecule has 2 heterocycles. The first kappa shape index (κ1) is 22.7. The molecule has 36 heavy (non-hydrogen) atoms. The highest BCUT2D eigenvalue weighted by molar-refractivity contribution is 6.05. The van der Waals surface area contributed by atoms with Gasteiger partial charge in [-0.05, 0) is 48.0 Å². The third-order valence-corrected chi connectivity index (χ3v) is 5.60. The molecule has 8 nitrogen and oxygen atoms in total. The molecule has 0 radical (unpaired) electrons. The Morgan fingerprint density at radius 3 is 2.28 bits per heavy atom. The SMILES string of the molecule is O=C(Nc1cccc(CNC(=O)c2nn(-c3ccccc3)c(=O)c3ccccc23)c1)c1ccncc1. The van der Waals surface area contributed by atoms with E-state index in [2.05, 4.69) is 20.7 Å². The first-order valence-electron chi connectivity index (χ1n) is 11.3. The van der Waals surface area contributed by atoms with Crippen LogP contribution in [0.5, 0.6) is 0 Å². The lowest BCUT2D eigenvalue weighted by atomic mass is 10.1. The fourth-order valence-corrected chi connectivity index (χ4v) is 3.83. The van der Waals surface area contributed by atoms with Gasteiger partial charge in [-0.15, -0.1) is 0 Å². The van der Waals surface area contributed by atoms with E-state index in [9.17, 15) is 14.4 Å². The summed E-state index contributed by atoms with van der Waals surface area (Å²) in [6.07, 6.45) is 3.11. The van der Waals surface area contributed by atoms with Crippen LogP contribution in [0, 0.1) is 0 Å². The zero-order chi connectivity index (χ0) is 24.9. The van der Waals surface area contributed by atoms with Crippen LogP contribution in [0.4, 0.5) is 5.69 Å². The molecule has 5 aromatic rings. The lowest BCUT2D eigenvalue weighted by molar-refractivity contribution is 0.0945. The highest BCUT2D eigenvalue weighted by Gasteiger charge is 2.17. The van der Waals surface area contributed by atoms with Crippen molar-refractivity contribution < 1.29 is 9.59 Å². The second kappa shape index (κ2) is 10.0. The number of aromatic nitrogens is 3. The Morgan fingerprint density at radius 1 is 0.778 bits per heavy atom. The summed E-state index contributed by atoms with van der Waals surface area (Å²) in [5.41, 5.74) is 2.30. The molecule has 0 saturated heterocycles. The molecule has 0 bridgehead atoms. The lowest BCUT2D eigenvalue weighted by Gasteiger charge is -2.12. The number of benzene rings is 3. The van der Waals surface area contributed by atoms with E-state index in [1.165, 1.54) is 4.68 Å². The molecule has 0 fully saturated rings. The van der Waals surface area contributed by atoms with Crippen LogP contribution in [-0.2, 0) is 6.54 Å². The fourth-order valence-electron chi connectivity index (χ4n) is 3.83. The summed E-state index contributed by atoms with van der Waals surface area (Å²) in [6.45, 7) is 0.207. The highest BCUT2D eigenvalue weighted by atomic mass is 16.2. The van der Waals surface area contributed by atoms with E-state index in [4.69, 9.17) is 0 Å². The molecule has 8 heteroatoms. The van der Waals surface area contributed by atoms with Gasteiger partial charge in [0.25, 0.3) is 17.4 Å². The topological polar surface area (TPSA) is 106 Å². The molecule has 0 spiro atoms. The molecule has 176 valence electrons. The van der Waals surface area contributed by atoms with Gasteiger partial charge in [0.05, 0.1) is 11.1 Å². The van der Waals surface area contributed by atoms with Crippen molar-refractivity contribution in [2.24, 2.45) is 0 Å². The van der Waals surface area contributed by atoms with E-state index in [0.717, 1.165) is 5.56 Å². The second-order valence-corrected chi connectivity index (χ2v) is 8.02. The number of carbonyl (C=O) groups excluding carboxylic acids is 2. The zero-order valence-electron chi connectivity index (χ0n) is 19.1. The Hall–Kier alpha value is -5.11. The summed E-state index contributed by atoms with van der Waals surface area (Å²) >= 11 is 0. The van der Waals surface area contributed by atoms with Crippen LogP contribution >= 0.6 is 0 Å². The molecule has 0 aliphatic carbocycles. The second-order valence-electron chi connectivity index (χ2n) is 8.02. The molecule has 2 amide bonds. The molecule has 3 aromatic carbocycles. The van der Waals surface area contributed by atoms with Gasteiger partial charge in [-0.25, -0.2) is 0 Å². The van der Waals surface area contributed by atoms with Crippen LogP contribution in [0.15, 0.2) is 108 Å². The fraction of sp³-hybridized carbons (Fsp3) is 0.0357. The van der Waals surface area contributed by atoms with Gasteiger partial charge in [-0.2, -0.15) is 9.78 Å². The Balaban J connectivity index is 1.38. The smallest absolute Gasteiger partial charge is 0.279 e. The van der Waals surface area contributed by atoms with Crippen LogP contribution < -0.4 is 16.2 Å². The molecule has 0 atom stereocenters. The number of pyridine rings is 1. The molecular formula is C28H21N5O3. The van der Waals surface area contributed by atoms with Crippen molar-refractivity contribution in [3.8, 4) is 5.69 Å². The predicted octanol–water partition coefficient (Wildman–Crippen LogP) is 3.96. The molecule has 0 saturated carbocycles. The van der Waals surface area contributed by atoms with Gasteiger partial charge in [0.2, 0.25) is 0 Å². The molecule has 2 aromatic heterocycles. The van der Waals surface area contributed by atoms with Gasteiger partial charge in [0.15, 0.2) is 5.69 Å². The highest BCUT2D eigenvalue weighted by Crippen LogP contribution is 2.16. The van der Waals surface area contributed by atoms with Gasteiger partial charge in [0.1, 0.15) is 0 Å². The van der Waals surface area contributed by atoms with Crippen molar-refractivity contribution in [1.29, 1.82) is 0 Å². The summed E-state index contributed by atoms with van der Waals surface area (Å²) in [5.74, 6) is -0.667. The van der Waals surface area contributed by atoms with Crippen molar-refractivity contribution in [2.45, 2.75) is 6.54 Å². The van der Waals surface area contributed by atoms with E-state index >= 15 is 0 Å². The summed E-state index contributed by atoms with van der Waals surface area (Å²) < 4.78 is 1.24. The van der Waals surface area contributed by atoms with Crippen molar-refractivity contribution in [2.75, 3.05) is 5.32 Å². The third kappa shape index (κ3) is 4.74. The Kier molecular flexibility index (Phi) is 6.31. The minimum Gasteiger partial charge on any atom is -0.347 e. The number of fused-ring (bicyclic) bond motifs is 1. The van der Waals surface area contributed by atoms with Crippen LogP contribution in [0.3, 0.4) is 0 Å². The minimum atomic E-state index is -0.415. The maximum Gasteiger partial charge on any atom is 0.279 e. The van der Waals surface area contributed by atoms with Gasteiger partial charge < -0.3 is 10.6 Å². The first-order chi connectivity index (χ1) is 17.6. The van der Waals surface area contributed by atoms with Gasteiger partial charge >= 0.3 is 0 Å². The Labute approximate surface area is 206 Å². The van der Waals surface area contributed by atoms with Crippen LogP contribution in [0.1, 0.15) is 26.4 Å². The molecule has 0 unspecified atom stereocenters. The predicted molar refractivity (Wildman–Crippen MR) is 137 cm³/mol. The van der Waals surface area contributed by atoms with E-state index in [1.807, 2.05) is 12.1 Å². The van der Waals surface area contributed by atoms with E-state index < -0.39 is 5.91 Å². The van der Waals surface area contributed by atoms with E-state index in [-0.39, 0.29) is 23.7 Å². The normalized spacial score (nSPS) is 10.7. The maximum absolute atomic E-state index is 13.2. The number of hydrogen-bond donors (Lipinski definition) is 2. The molecule has 5 rings (SSSR count). The summed E-state index contributed by atoms with van der Waals surface area (Å²) in [4.78, 5) is 42.6. The van der Waals surface area contributed by atoms with E-state index in [0.29, 0.717) is 27.7 Å². The number of hydrogen-bond acceptors (Lipinski definition) is 5. The number of carbonyl (C=O) groups is 2. The van der Waals surface area contributed by atoms with Gasteiger partial charge in [-0.1, -0.05) is 48.5 Å². The van der Waals surface area contributed by atoms with Crippen LogP contribution in [0.25, 0.3) is 16.5 Å². The number of rotatable bonds is 6. The number of anilines is 1. The number of nitrogens with zero attached hydrogens (tertiary/aromatic N) is 3. The van der Waals surface area contributed by atoms with Gasteiger partial charge in [-0.3, -0.25) is 19.4 Å². The standard InChI is InChI=1S/C28H21N5O3/c34-26(20-13-15-29-16-14-20)31-21-8-6-7-19(17-21)18-30-27(35)25-23-11-4-5-12-24(23)28(36)33(32-25)22-9-2-1-3-10-22/h1-17H,18H2,(H,30,35)(H,31,34). The van der Waals surface area contributed by atoms with Crippen molar-refractivity contribution in [3.05, 3.63) is 131 Å². The number of amides is 2. The number of para-hydroxylation sites is 1. The van der Waals surface area contributed by atoms with Crippen molar-refractivity contribution in [3.63, 3.8) is 0 Å². The molecule has 0 aliphatic heterocycles. The quantitative estimate of drug-likeness (QED) is 0.387. The average Bonchev–Trinajstić information content (AvgIpc) is 2.93. The summed E-state index contributed by atoms with van der Waals surface area (Å²) in [6, 6.07) is 26.4. The van der Waals surface area contributed by atoms with Gasteiger partial charge in [0, 0.05) is 35.6 Å². The first-order valence-corrected chi connectivity index (χ1v) is 11.3. The summed E-state index contributed by atoms with van der Waals surface area (Å²) in [5, 5.41) is 11.0. The number of nitrogens with one attached hydrogen (secondary N) is 2. The van der Waals surface area contributed by atoms with Crippen molar-refractivity contribution in [1.82, 2.24) is 20.1 Å². The maximum atomic E-state index is 13.2. The van der Waals surface area contributed by atoms with E-state index in [1.54, 1.807) is 91.3 Å². The van der Waals surface area contributed by atoms with Crippen LogP contribution in [-0.4, -0.2) is 26.6 Å².